The summed E-state index contributed by atoms with van der Waals surface area (Å²) < 4.78 is 0. The zero-order valence-corrected chi connectivity index (χ0v) is 11.8. The van der Waals surface area contributed by atoms with E-state index in [1.165, 1.54) is 45.4 Å². The molecule has 3 heteroatoms. The van der Waals surface area contributed by atoms with E-state index < -0.39 is 0 Å². The van der Waals surface area contributed by atoms with Crippen LogP contribution in [0.5, 0.6) is 0 Å². The van der Waals surface area contributed by atoms with Crippen LogP contribution in [0.2, 0.25) is 0 Å². The van der Waals surface area contributed by atoms with Gasteiger partial charge in [-0.2, -0.15) is 0 Å². The number of likely N-dealkylation sites (N-methyl/N-ethyl adjacent to an activating group) is 1. The zero-order chi connectivity index (χ0) is 12.5. The summed E-state index contributed by atoms with van der Waals surface area (Å²) in [6.07, 6.45) is 4.04. The van der Waals surface area contributed by atoms with Crippen LogP contribution in [0.4, 0.5) is 0 Å². The Bertz CT molecular complexity index is 248. The Morgan fingerprint density at radius 3 is 2.35 bits per heavy atom. The van der Waals surface area contributed by atoms with Gasteiger partial charge < -0.3 is 10.6 Å². The standard InChI is InChI=1S/C14H29N3/c1-12-4-5-13(2)14(10-12,11-15)17-8-6-16(3)7-9-17/h12-13H,4-11,15H2,1-3H3. The number of nitrogens with two attached hydrogens (primary N) is 1. The second-order valence-electron chi connectivity index (χ2n) is 6.39. The highest BCUT2D eigenvalue weighted by atomic mass is 15.3. The van der Waals surface area contributed by atoms with Crippen LogP contribution < -0.4 is 5.73 Å². The zero-order valence-electron chi connectivity index (χ0n) is 11.8. The molecule has 1 heterocycles. The van der Waals surface area contributed by atoms with Crippen molar-refractivity contribution in [3.63, 3.8) is 0 Å². The van der Waals surface area contributed by atoms with Crippen molar-refractivity contribution in [1.82, 2.24) is 9.80 Å². The fourth-order valence-electron chi connectivity index (χ4n) is 3.82. The van der Waals surface area contributed by atoms with Gasteiger partial charge in [0.25, 0.3) is 0 Å². The van der Waals surface area contributed by atoms with Crippen LogP contribution in [0.1, 0.15) is 33.1 Å². The van der Waals surface area contributed by atoms with Gasteiger partial charge in [-0.05, 0) is 31.7 Å². The summed E-state index contributed by atoms with van der Waals surface area (Å²) >= 11 is 0. The van der Waals surface area contributed by atoms with Crippen molar-refractivity contribution in [2.24, 2.45) is 17.6 Å². The maximum Gasteiger partial charge on any atom is 0.0360 e. The highest BCUT2D eigenvalue weighted by Gasteiger charge is 2.44. The first kappa shape index (κ1) is 13.3. The SMILES string of the molecule is CC1CCC(C)C(CN)(N2CCN(C)CC2)C1. The van der Waals surface area contributed by atoms with E-state index in [1.807, 2.05) is 0 Å². The van der Waals surface area contributed by atoms with Gasteiger partial charge in [0, 0.05) is 38.3 Å². The van der Waals surface area contributed by atoms with E-state index in [0.29, 0.717) is 5.54 Å². The molecule has 17 heavy (non-hydrogen) atoms. The molecule has 2 N–H and O–H groups in total. The molecule has 3 unspecified atom stereocenters. The topological polar surface area (TPSA) is 32.5 Å². The van der Waals surface area contributed by atoms with Crippen LogP contribution >= 0.6 is 0 Å². The molecular formula is C14H29N3. The molecule has 1 aliphatic heterocycles. The van der Waals surface area contributed by atoms with E-state index in [1.54, 1.807) is 0 Å². The summed E-state index contributed by atoms with van der Waals surface area (Å²) in [5, 5.41) is 0. The summed E-state index contributed by atoms with van der Waals surface area (Å²) in [6, 6.07) is 0. The van der Waals surface area contributed by atoms with Crippen molar-refractivity contribution in [3.8, 4) is 0 Å². The first-order valence-corrected chi connectivity index (χ1v) is 7.22. The van der Waals surface area contributed by atoms with Gasteiger partial charge >= 0.3 is 0 Å². The van der Waals surface area contributed by atoms with Gasteiger partial charge in [-0.15, -0.1) is 0 Å². The normalized spacial score (nSPS) is 41.6. The average Bonchev–Trinajstić information content (AvgIpc) is 2.33. The lowest BCUT2D eigenvalue weighted by Crippen LogP contribution is -2.64. The van der Waals surface area contributed by atoms with Crippen LogP contribution in [0.3, 0.4) is 0 Å². The summed E-state index contributed by atoms with van der Waals surface area (Å²) in [5.41, 5.74) is 6.49. The quantitative estimate of drug-likeness (QED) is 0.790. The van der Waals surface area contributed by atoms with Crippen LogP contribution in [0.25, 0.3) is 0 Å². The maximum atomic E-state index is 6.20. The predicted octanol–water partition coefficient (Wildman–Crippen LogP) is 1.39. The van der Waals surface area contributed by atoms with Gasteiger partial charge in [-0.3, -0.25) is 4.90 Å². The second-order valence-corrected chi connectivity index (χ2v) is 6.39. The van der Waals surface area contributed by atoms with Crippen LogP contribution in [0.15, 0.2) is 0 Å². The molecule has 100 valence electrons. The number of piperazine rings is 1. The van der Waals surface area contributed by atoms with Crippen molar-refractivity contribution in [3.05, 3.63) is 0 Å². The Kier molecular flexibility index (Phi) is 4.11. The van der Waals surface area contributed by atoms with Crippen molar-refractivity contribution >= 4 is 0 Å². The molecule has 2 rings (SSSR count). The molecule has 2 aliphatic rings. The third-order valence-corrected chi connectivity index (χ3v) is 5.20. The Morgan fingerprint density at radius 2 is 1.76 bits per heavy atom. The Labute approximate surface area is 106 Å². The molecule has 0 spiro atoms. The van der Waals surface area contributed by atoms with Crippen molar-refractivity contribution in [1.29, 1.82) is 0 Å². The fourth-order valence-corrected chi connectivity index (χ4v) is 3.82. The first-order valence-electron chi connectivity index (χ1n) is 7.22. The van der Waals surface area contributed by atoms with Gasteiger partial charge in [0.05, 0.1) is 0 Å². The minimum absolute atomic E-state index is 0.291. The second kappa shape index (κ2) is 5.25. The highest BCUT2D eigenvalue weighted by Crippen LogP contribution is 2.40. The molecule has 3 nitrogen and oxygen atoms in total. The lowest BCUT2D eigenvalue weighted by Gasteiger charge is -2.53. The molecule has 1 saturated heterocycles. The Balaban J connectivity index is 2.11. The molecule has 3 atom stereocenters. The van der Waals surface area contributed by atoms with Crippen LogP contribution in [0, 0.1) is 11.8 Å². The predicted molar refractivity (Wildman–Crippen MR) is 73.0 cm³/mol. The Morgan fingerprint density at radius 1 is 1.12 bits per heavy atom. The van der Waals surface area contributed by atoms with Gasteiger partial charge in [-0.1, -0.05) is 20.3 Å². The van der Waals surface area contributed by atoms with E-state index in [0.717, 1.165) is 18.4 Å². The molecule has 0 aromatic carbocycles. The molecule has 0 radical (unpaired) electrons. The van der Waals surface area contributed by atoms with Gasteiger partial charge in [0.15, 0.2) is 0 Å². The van der Waals surface area contributed by atoms with Crippen LogP contribution in [-0.4, -0.2) is 55.1 Å². The number of hydrogen-bond donors (Lipinski definition) is 1. The summed E-state index contributed by atoms with van der Waals surface area (Å²) in [7, 11) is 2.22. The average molecular weight is 239 g/mol. The minimum Gasteiger partial charge on any atom is -0.329 e. The molecule has 0 amide bonds. The smallest absolute Gasteiger partial charge is 0.0360 e. The molecular weight excluding hydrogens is 210 g/mol. The van der Waals surface area contributed by atoms with Gasteiger partial charge in [0.1, 0.15) is 0 Å². The monoisotopic (exact) mass is 239 g/mol. The molecule has 1 aliphatic carbocycles. The molecule has 0 aromatic heterocycles. The number of rotatable bonds is 2. The van der Waals surface area contributed by atoms with Crippen molar-refractivity contribution < 1.29 is 0 Å². The molecule has 2 fully saturated rings. The van der Waals surface area contributed by atoms with E-state index in [2.05, 4.69) is 30.7 Å². The largest absolute Gasteiger partial charge is 0.329 e. The number of nitrogens with zero attached hydrogens (tertiary/aromatic N) is 2. The van der Waals surface area contributed by atoms with E-state index in [9.17, 15) is 0 Å². The summed E-state index contributed by atoms with van der Waals surface area (Å²) in [4.78, 5) is 5.13. The van der Waals surface area contributed by atoms with E-state index in [-0.39, 0.29) is 0 Å². The number of hydrogen-bond acceptors (Lipinski definition) is 3. The van der Waals surface area contributed by atoms with Gasteiger partial charge in [0.2, 0.25) is 0 Å². The molecule has 0 aromatic rings. The first-order chi connectivity index (χ1) is 8.08. The minimum atomic E-state index is 0.291. The van der Waals surface area contributed by atoms with Crippen molar-refractivity contribution in [2.75, 3.05) is 39.8 Å². The fraction of sp³-hybridized carbons (Fsp3) is 1.00. The summed E-state index contributed by atoms with van der Waals surface area (Å²) in [5.74, 6) is 1.60. The summed E-state index contributed by atoms with van der Waals surface area (Å²) in [6.45, 7) is 10.4. The highest BCUT2D eigenvalue weighted by molar-refractivity contribution is 5.01. The maximum absolute atomic E-state index is 6.20. The third kappa shape index (κ3) is 2.51. The van der Waals surface area contributed by atoms with Gasteiger partial charge in [-0.25, -0.2) is 0 Å². The lowest BCUT2D eigenvalue weighted by molar-refractivity contribution is -0.0279. The molecule has 0 bridgehead atoms. The van der Waals surface area contributed by atoms with E-state index >= 15 is 0 Å². The lowest BCUT2D eigenvalue weighted by atomic mass is 9.68. The third-order valence-electron chi connectivity index (χ3n) is 5.20. The Hall–Kier alpha value is -0.120. The van der Waals surface area contributed by atoms with E-state index in [4.69, 9.17) is 5.73 Å². The van der Waals surface area contributed by atoms with Crippen molar-refractivity contribution in [2.45, 2.75) is 38.6 Å². The molecule has 1 saturated carbocycles. The van der Waals surface area contributed by atoms with Crippen LogP contribution in [-0.2, 0) is 0 Å².